The Kier molecular flexibility index (Phi) is 6.49. The number of hydrogen-bond acceptors (Lipinski definition) is 4. The minimum absolute atomic E-state index is 0.0272. The van der Waals surface area contributed by atoms with Crippen LogP contribution in [-0.2, 0) is 9.59 Å². The molecule has 0 aliphatic carbocycles. The Morgan fingerprint density at radius 3 is 2.56 bits per heavy atom. The number of thioether (sulfide) groups is 1. The number of nitrogens with one attached hydrogen (secondary N) is 1. The number of nitrogens with two attached hydrogens (primary N) is 1. The number of rotatable bonds is 5. The molecule has 5 nitrogen and oxygen atoms in total. The summed E-state index contributed by atoms with van der Waals surface area (Å²) in [5.74, 6) is 1.05. The minimum Gasteiger partial charge on any atom is -0.359 e. The molecule has 1 fully saturated rings. The summed E-state index contributed by atoms with van der Waals surface area (Å²) in [6, 6.07) is -0.394. The van der Waals surface area contributed by atoms with Crippen molar-refractivity contribution in [2.75, 3.05) is 32.1 Å². The van der Waals surface area contributed by atoms with E-state index in [-0.39, 0.29) is 17.7 Å². The first-order valence-corrected chi connectivity index (χ1v) is 7.74. The molecule has 0 aromatic heterocycles. The minimum atomic E-state index is -0.394. The highest BCUT2D eigenvalue weighted by atomic mass is 32.2. The lowest BCUT2D eigenvalue weighted by Gasteiger charge is -2.32. The van der Waals surface area contributed by atoms with Crippen molar-refractivity contribution in [1.82, 2.24) is 10.2 Å². The van der Waals surface area contributed by atoms with Crippen molar-refractivity contribution in [1.29, 1.82) is 0 Å². The van der Waals surface area contributed by atoms with E-state index in [0.717, 1.165) is 25.0 Å². The van der Waals surface area contributed by atoms with Crippen LogP contribution in [0, 0.1) is 5.92 Å². The quantitative estimate of drug-likeness (QED) is 0.742. The molecule has 1 rings (SSSR count). The molecule has 1 saturated heterocycles. The molecule has 0 aromatic rings. The topological polar surface area (TPSA) is 75.4 Å². The number of carbonyl (C=O) groups excluding carboxylic acids is 2. The fourth-order valence-electron chi connectivity index (χ4n) is 2.17. The van der Waals surface area contributed by atoms with Gasteiger partial charge in [-0.25, -0.2) is 0 Å². The maximum atomic E-state index is 12.0. The first-order chi connectivity index (χ1) is 8.60. The monoisotopic (exact) mass is 273 g/mol. The number of carbonyl (C=O) groups is 2. The van der Waals surface area contributed by atoms with E-state index >= 15 is 0 Å². The Morgan fingerprint density at radius 2 is 2.06 bits per heavy atom. The number of hydrogen-bond donors (Lipinski definition) is 2. The molecule has 1 atom stereocenters. The first kappa shape index (κ1) is 15.3. The van der Waals surface area contributed by atoms with Crippen LogP contribution in [0.5, 0.6) is 0 Å². The average molecular weight is 273 g/mol. The van der Waals surface area contributed by atoms with Gasteiger partial charge in [-0.05, 0) is 31.3 Å². The average Bonchev–Trinajstić information content (AvgIpc) is 2.43. The zero-order valence-electron chi connectivity index (χ0n) is 11.1. The second-order valence-electron chi connectivity index (χ2n) is 4.60. The van der Waals surface area contributed by atoms with Crippen LogP contribution < -0.4 is 11.1 Å². The highest BCUT2D eigenvalue weighted by molar-refractivity contribution is 7.98. The second kappa shape index (κ2) is 7.63. The van der Waals surface area contributed by atoms with Crippen LogP contribution in [0.25, 0.3) is 0 Å². The normalized spacial score (nSPS) is 18.5. The zero-order valence-corrected chi connectivity index (χ0v) is 12.0. The third kappa shape index (κ3) is 4.17. The Labute approximate surface area is 113 Å². The first-order valence-electron chi connectivity index (χ1n) is 6.35. The van der Waals surface area contributed by atoms with E-state index in [1.54, 1.807) is 23.7 Å². The maximum absolute atomic E-state index is 12.0. The van der Waals surface area contributed by atoms with Gasteiger partial charge in [0, 0.05) is 26.1 Å². The maximum Gasteiger partial charge on any atom is 0.239 e. The van der Waals surface area contributed by atoms with Gasteiger partial charge in [0.1, 0.15) is 0 Å². The largest absolute Gasteiger partial charge is 0.359 e. The number of likely N-dealkylation sites (tertiary alicyclic amines) is 1. The smallest absolute Gasteiger partial charge is 0.239 e. The van der Waals surface area contributed by atoms with Gasteiger partial charge in [0.15, 0.2) is 0 Å². The Morgan fingerprint density at radius 1 is 1.44 bits per heavy atom. The highest BCUT2D eigenvalue weighted by Gasteiger charge is 2.28. The summed E-state index contributed by atoms with van der Waals surface area (Å²) in [5.41, 5.74) is 5.87. The molecule has 6 heteroatoms. The summed E-state index contributed by atoms with van der Waals surface area (Å²) in [6.45, 7) is 1.29. The summed E-state index contributed by atoms with van der Waals surface area (Å²) in [7, 11) is 1.65. The van der Waals surface area contributed by atoms with Gasteiger partial charge in [-0.1, -0.05) is 0 Å². The number of piperidine rings is 1. The Balaban J connectivity index is 2.37. The molecular weight excluding hydrogens is 250 g/mol. The van der Waals surface area contributed by atoms with E-state index in [1.165, 1.54) is 0 Å². The molecule has 1 aliphatic heterocycles. The van der Waals surface area contributed by atoms with E-state index in [9.17, 15) is 9.59 Å². The Hall–Kier alpha value is -0.750. The van der Waals surface area contributed by atoms with Crippen LogP contribution in [0.4, 0.5) is 0 Å². The van der Waals surface area contributed by atoms with Crippen molar-refractivity contribution in [3.8, 4) is 0 Å². The van der Waals surface area contributed by atoms with Gasteiger partial charge in [0.2, 0.25) is 11.8 Å². The summed E-state index contributed by atoms with van der Waals surface area (Å²) in [6.07, 6.45) is 4.20. The van der Waals surface area contributed by atoms with Crippen molar-refractivity contribution >= 4 is 23.6 Å². The number of amides is 2. The van der Waals surface area contributed by atoms with Gasteiger partial charge in [-0.3, -0.25) is 9.59 Å². The van der Waals surface area contributed by atoms with Crippen molar-refractivity contribution in [2.45, 2.75) is 25.3 Å². The predicted octanol–water partition coefficient (Wildman–Crippen LogP) is 0.0514. The fraction of sp³-hybridized carbons (Fsp3) is 0.833. The van der Waals surface area contributed by atoms with E-state index < -0.39 is 6.04 Å². The third-order valence-corrected chi connectivity index (χ3v) is 4.02. The standard InChI is InChI=1S/C12H23N3O2S/c1-14-11(16)9-3-6-15(7-4-9)12(17)10(13)5-8-18-2/h9-10H,3-8,13H2,1-2H3,(H,14,16)/t10-/m1/s1. The molecule has 1 heterocycles. The molecule has 104 valence electrons. The summed E-state index contributed by atoms with van der Waals surface area (Å²) in [4.78, 5) is 25.3. The lowest BCUT2D eigenvalue weighted by molar-refractivity contribution is -0.136. The van der Waals surface area contributed by atoms with Gasteiger partial charge in [-0.15, -0.1) is 0 Å². The van der Waals surface area contributed by atoms with E-state index in [2.05, 4.69) is 5.32 Å². The van der Waals surface area contributed by atoms with Crippen LogP contribution >= 0.6 is 11.8 Å². The lowest BCUT2D eigenvalue weighted by Crippen LogP contribution is -2.48. The molecule has 0 unspecified atom stereocenters. The number of nitrogens with zero attached hydrogens (tertiary/aromatic N) is 1. The molecule has 2 amide bonds. The molecule has 0 saturated carbocycles. The summed E-state index contributed by atoms with van der Waals surface area (Å²) < 4.78 is 0. The van der Waals surface area contributed by atoms with Crippen LogP contribution in [0.2, 0.25) is 0 Å². The second-order valence-corrected chi connectivity index (χ2v) is 5.59. The van der Waals surface area contributed by atoms with E-state index in [0.29, 0.717) is 13.1 Å². The fourth-order valence-corrected chi connectivity index (χ4v) is 2.66. The predicted molar refractivity (Wildman–Crippen MR) is 74.3 cm³/mol. The summed E-state index contributed by atoms with van der Waals surface area (Å²) in [5, 5.41) is 2.66. The van der Waals surface area contributed by atoms with Gasteiger partial charge >= 0.3 is 0 Å². The molecule has 0 bridgehead atoms. The molecular formula is C12H23N3O2S. The van der Waals surface area contributed by atoms with Crippen molar-refractivity contribution in [3.05, 3.63) is 0 Å². The molecule has 0 radical (unpaired) electrons. The molecule has 1 aliphatic rings. The Bertz CT molecular complexity index is 291. The van der Waals surface area contributed by atoms with Gasteiger partial charge in [0.05, 0.1) is 6.04 Å². The van der Waals surface area contributed by atoms with Crippen molar-refractivity contribution in [3.63, 3.8) is 0 Å². The van der Waals surface area contributed by atoms with Crippen molar-refractivity contribution < 1.29 is 9.59 Å². The SMILES string of the molecule is CNC(=O)C1CCN(C(=O)[C@H](N)CCSC)CC1. The van der Waals surface area contributed by atoms with Crippen LogP contribution in [0.3, 0.4) is 0 Å². The van der Waals surface area contributed by atoms with E-state index in [1.807, 2.05) is 6.26 Å². The highest BCUT2D eigenvalue weighted by Crippen LogP contribution is 2.18. The van der Waals surface area contributed by atoms with Crippen LogP contribution in [-0.4, -0.2) is 54.9 Å². The van der Waals surface area contributed by atoms with E-state index in [4.69, 9.17) is 5.73 Å². The third-order valence-electron chi connectivity index (χ3n) is 3.37. The van der Waals surface area contributed by atoms with Crippen LogP contribution in [0.15, 0.2) is 0 Å². The van der Waals surface area contributed by atoms with Crippen LogP contribution in [0.1, 0.15) is 19.3 Å². The molecule has 18 heavy (non-hydrogen) atoms. The molecule has 0 spiro atoms. The lowest BCUT2D eigenvalue weighted by atomic mass is 9.95. The van der Waals surface area contributed by atoms with Gasteiger partial charge in [0.25, 0.3) is 0 Å². The summed E-state index contributed by atoms with van der Waals surface area (Å²) >= 11 is 1.70. The molecule has 3 N–H and O–H groups in total. The molecule has 0 aromatic carbocycles. The zero-order chi connectivity index (χ0) is 13.5. The van der Waals surface area contributed by atoms with Gasteiger partial charge in [-0.2, -0.15) is 11.8 Å². The van der Waals surface area contributed by atoms with Gasteiger partial charge < -0.3 is 16.0 Å². The van der Waals surface area contributed by atoms with Crippen molar-refractivity contribution in [2.24, 2.45) is 11.7 Å².